The average Bonchev–Trinajstić information content (AvgIpc) is 2.46. The van der Waals surface area contributed by atoms with Crippen LogP contribution in [0.2, 0.25) is 0 Å². The van der Waals surface area contributed by atoms with Crippen molar-refractivity contribution in [3.05, 3.63) is 17.8 Å². The number of amides is 2. The second-order valence-electron chi connectivity index (χ2n) is 5.41. The van der Waals surface area contributed by atoms with Gasteiger partial charge in [0.05, 0.1) is 5.56 Å². The van der Waals surface area contributed by atoms with E-state index in [1.54, 1.807) is 0 Å². The molecule has 1 saturated carbocycles. The molecule has 1 heterocycles. The van der Waals surface area contributed by atoms with Crippen molar-refractivity contribution in [2.24, 2.45) is 11.7 Å². The van der Waals surface area contributed by atoms with Gasteiger partial charge >= 0.3 is 6.03 Å². The first-order valence-electron chi connectivity index (χ1n) is 7.21. The first kappa shape index (κ1) is 15.1. The standard InChI is InChI=1S/C14H22N6O/c15-11-6-12(18-8-10(11)13(16)17)20-14(21)19-7-9-4-2-1-3-5-9/h6,8-9H,1-5,7H2,(H3,16,17)(H4,15,18,19,20,21). The summed E-state index contributed by atoms with van der Waals surface area (Å²) in [5.74, 6) is 0.773. The molecule has 7 nitrogen and oxygen atoms in total. The fourth-order valence-corrected chi connectivity index (χ4v) is 2.55. The van der Waals surface area contributed by atoms with Crippen LogP contribution in [-0.4, -0.2) is 23.4 Å². The molecular formula is C14H22N6O. The van der Waals surface area contributed by atoms with Crippen LogP contribution in [0.3, 0.4) is 0 Å². The lowest BCUT2D eigenvalue weighted by molar-refractivity contribution is 0.247. The van der Waals surface area contributed by atoms with Crippen LogP contribution in [-0.2, 0) is 0 Å². The van der Waals surface area contributed by atoms with Crippen molar-refractivity contribution in [2.75, 3.05) is 17.6 Å². The van der Waals surface area contributed by atoms with Crippen LogP contribution in [0.25, 0.3) is 0 Å². The number of carbonyl (C=O) groups is 1. The Hall–Kier alpha value is -2.31. The number of nitrogen functional groups attached to an aromatic ring is 2. The van der Waals surface area contributed by atoms with Crippen LogP contribution < -0.4 is 22.1 Å². The summed E-state index contributed by atoms with van der Waals surface area (Å²) in [4.78, 5) is 15.8. The minimum absolute atomic E-state index is 0.145. The molecule has 0 unspecified atom stereocenters. The number of nitrogens with zero attached hydrogens (tertiary/aromatic N) is 1. The summed E-state index contributed by atoms with van der Waals surface area (Å²) in [5, 5.41) is 12.8. The third-order valence-electron chi connectivity index (χ3n) is 3.74. The van der Waals surface area contributed by atoms with E-state index in [2.05, 4.69) is 15.6 Å². The second-order valence-corrected chi connectivity index (χ2v) is 5.41. The van der Waals surface area contributed by atoms with E-state index < -0.39 is 0 Å². The molecule has 0 spiro atoms. The van der Waals surface area contributed by atoms with Crippen LogP contribution >= 0.6 is 0 Å². The SMILES string of the molecule is N=C(N)c1cnc(NC(=O)NCC2CCCCC2)cc1N. The molecule has 7 N–H and O–H groups in total. The van der Waals surface area contributed by atoms with Crippen LogP contribution in [0.1, 0.15) is 37.7 Å². The number of amidine groups is 1. The van der Waals surface area contributed by atoms with Gasteiger partial charge in [-0.05, 0) is 18.8 Å². The molecule has 7 heteroatoms. The summed E-state index contributed by atoms with van der Waals surface area (Å²) in [7, 11) is 0. The van der Waals surface area contributed by atoms with E-state index in [-0.39, 0.29) is 11.9 Å². The number of aromatic nitrogens is 1. The van der Waals surface area contributed by atoms with Crippen molar-refractivity contribution < 1.29 is 4.79 Å². The molecule has 1 aliphatic rings. The highest BCUT2D eigenvalue weighted by atomic mass is 16.2. The highest BCUT2D eigenvalue weighted by Crippen LogP contribution is 2.22. The fourth-order valence-electron chi connectivity index (χ4n) is 2.55. The van der Waals surface area contributed by atoms with Crippen molar-refractivity contribution in [1.82, 2.24) is 10.3 Å². The molecule has 114 valence electrons. The predicted octanol–water partition coefficient (Wildman–Crippen LogP) is 1.65. The highest BCUT2D eigenvalue weighted by molar-refractivity contribution is 6.00. The molecule has 1 aromatic rings. The molecule has 21 heavy (non-hydrogen) atoms. The molecule has 0 atom stereocenters. The number of hydrogen-bond donors (Lipinski definition) is 5. The number of nitrogens with one attached hydrogen (secondary N) is 3. The summed E-state index contributed by atoms with van der Waals surface area (Å²) in [5.41, 5.74) is 11.8. The Morgan fingerprint density at radius 3 is 2.71 bits per heavy atom. The molecule has 2 rings (SSSR count). The number of nitrogens with two attached hydrogens (primary N) is 2. The fraction of sp³-hybridized carbons (Fsp3) is 0.500. The van der Waals surface area contributed by atoms with E-state index in [1.807, 2.05) is 0 Å². The molecular weight excluding hydrogens is 268 g/mol. The topological polar surface area (TPSA) is 130 Å². The lowest BCUT2D eigenvalue weighted by atomic mass is 9.89. The van der Waals surface area contributed by atoms with Gasteiger partial charge in [0.2, 0.25) is 0 Å². The van der Waals surface area contributed by atoms with Crippen molar-refractivity contribution in [2.45, 2.75) is 32.1 Å². The highest BCUT2D eigenvalue weighted by Gasteiger charge is 2.14. The monoisotopic (exact) mass is 290 g/mol. The summed E-state index contributed by atoms with van der Waals surface area (Å²) >= 11 is 0. The first-order valence-corrected chi connectivity index (χ1v) is 7.21. The van der Waals surface area contributed by atoms with Crippen molar-refractivity contribution >= 4 is 23.4 Å². The van der Waals surface area contributed by atoms with Gasteiger partial charge in [0.15, 0.2) is 0 Å². The minimum atomic E-state index is -0.289. The van der Waals surface area contributed by atoms with Gasteiger partial charge < -0.3 is 16.8 Å². The molecule has 1 fully saturated rings. The maximum atomic E-state index is 11.8. The summed E-state index contributed by atoms with van der Waals surface area (Å²) < 4.78 is 0. The number of anilines is 2. The second kappa shape index (κ2) is 6.92. The molecule has 0 bridgehead atoms. The normalized spacial score (nSPS) is 15.4. The zero-order valence-electron chi connectivity index (χ0n) is 12.0. The van der Waals surface area contributed by atoms with Crippen LogP contribution in [0.5, 0.6) is 0 Å². The van der Waals surface area contributed by atoms with Gasteiger partial charge in [-0.3, -0.25) is 10.7 Å². The van der Waals surface area contributed by atoms with Gasteiger partial charge in [-0.2, -0.15) is 0 Å². The van der Waals surface area contributed by atoms with Gasteiger partial charge in [0, 0.05) is 24.5 Å². The maximum Gasteiger partial charge on any atom is 0.320 e. The molecule has 1 aliphatic carbocycles. The minimum Gasteiger partial charge on any atom is -0.398 e. The van der Waals surface area contributed by atoms with Crippen LogP contribution in [0.15, 0.2) is 12.3 Å². The van der Waals surface area contributed by atoms with Gasteiger partial charge in [0.1, 0.15) is 11.7 Å². The number of pyridine rings is 1. The molecule has 0 aliphatic heterocycles. The van der Waals surface area contributed by atoms with E-state index in [0.717, 1.165) is 0 Å². The molecule has 0 saturated heterocycles. The van der Waals surface area contributed by atoms with Gasteiger partial charge in [0.25, 0.3) is 0 Å². The molecule has 0 radical (unpaired) electrons. The number of urea groups is 1. The maximum absolute atomic E-state index is 11.8. The van der Waals surface area contributed by atoms with Crippen molar-refractivity contribution in [3.8, 4) is 0 Å². The zero-order chi connectivity index (χ0) is 15.2. The van der Waals surface area contributed by atoms with E-state index in [0.29, 0.717) is 29.5 Å². The quantitative estimate of drug-likeness (QED) is 0.426. The van der Waals surface area contributed by atoms with E-state index in [9.17, 15) is 4.79 Å². The predicted molar refractivity (Wildman–Crippen MR) is 83.3 cm³/mol. The van der Waals surface area contributed by atoms with E-state index in [1.165, 1.54) is 44.4 Å². The molecule has 2 amide bonds. The van der Waals surface area contributed by atoms with Gasteiger partial charge in [-0.1, -0.05) is 19.3 Å². The van der Waals surface area contributed by atoms with E-state index in [4.69, 9.17) is 16.9 Å². The Labute approximate surface area is 124 Å². The van der Waals surface area contributed by atoms with Gasteiger partial charge in [-0.25, -0.2) is 9.78 Å². The largest absolute Gasteiger partial charge is 0.398 e. The van der Waals surface area contributed by atoms with Gasteiger partial charge in [-0.15, -0.1) is 0 Å². The average molecular weight is 290 g/mol. The number of rotatable bonds is 4. The summed E-state index contributed by atoms with van der Waals surface area (Å²) in [6, 6.07) is 1.21. The molecule has 1 aromatic heterocycles. The Morgan fingerprint density at radius 1 is 1.38 bits per heavy atom. The number of hydrogen-bond acceptors (Lipinski definition) is 4. The Morgan fingerprint density at radius 2 is 2.10 bits per heavy atom. The summed E-state index contributed by atoms with van der Waals surface area (Å²) in [6.07, 6.45) is 7.54. The number of carbonyl (C=O) groups excluding carboxylic acids is 1. The third-order valence-corrected chi connectivity index (χ3v) is 3.74. The molecule has 0 aromatic carbocycles. The smallest absolute Gasteiger partial charge is 0.320 e. The Bertz CT molecular complexity index is 524. The zero-order valence-corrected chi connectivity index (χ0v) is 12.0. The van der Waals surface area contributed by atoms with Crippen molar-refractivity contribution in [1.29, 1.82) is 5.41 Å². The Balaban J connectivity index is 1.84. The first-order chi connectivity index (χ1) is 10.1. The van der Waals surface area contributed by atoms with E-state index >= 15 is 0 Å². The van der Waals surface area contributed by atoms with Crippen molar-refractivity contribution in [3.63, 3.8) is 0 Å². The van der Waals surface area contributed by atoms with Crippen LogP contribution in [0, 0.1) is 11.3 Å². The Kier molecular flexibility index (Phi) is 4.97. The lowest BCUT2D eigenvalue weighted by Gasteiger charge is -2.21. The summed E-state index contributed by atoms with van der Waals surface area (Å²) in [6.45, 7) is 0.687. The van der Waals surface area contributed by atoms with Crippen LogP contribution in [0.4, 0.5) is 16.3 Å². The lowest BCUT2D eigenvalue weighted by Crippen LogP contribution is -2.34. The third kappa shape index (κ3) is 4.34.